The monoisotopic (exact) mass is 283 g/mol. The Labute approximate surface area is 115 Å². The third-order valence-electron chi connectivity index (χ3n) is 3.96. The van der Waals surface area contributed by atoms with Gasteiger partial charge in [0.05, 0.1) is 28.2 Å². The molecule has 0 unspecified atom stereocenters. The third-order valence-corrected chi connectivity index (χ3v) is 4.25. The number of imidazole rings is 1. The van der Waals surface area contributed by atoms with Crippen molar-refractivity contribution in [3.63, 3.8) is 0 Å². The lowest BCUT2D eigenvalue weighted by atomic mass is 9.80. The molecule has 1 fully saturated rings. The molecule has 102 valence electrons. The van der Waals surface area contributed by atoms with Gasteiger partial charge in [0.1, 0.15) is 5.82 Å². The van der Waals surface area contributed by atoms with Gasteiger partial charge in [0.25, 0.3) is 0 Å². The fraction of sp³-hybridized carbons (Fsp3) is 0.462. The largest absolute Gasteiger partial charge is 0.376 e. The summed E-state index contributed by atoms with van der Waals surface area (Å²) in [5, 5.41) is 0.0775. The van der Waals surface area contributed by atoms with Crippen LogP contribution in [0.5, 0.6) is 0 Å². The van der Waals surface area contributed by atoms with Crippen LogP contribution in [0.3, 0.4) is 0 Å². The minimum atomic E-state index is -0.482. The number of hydrogen-bond acceptors (Lipinski definition) is 3. The van der Waals surface area contributed by atoms with Crippen molar-refractivity contribution in [2.45, 2.75) is 31.4 Å². The van der Waals surface area contributed by atoms with Gasteiger partial charge in [0, 0.05) is 13.2 Å². The summed E-state index contributed by atoms with van der Waals surface area (Å²) in [4.78, 5) is 4.18. The summed E-state index contributed by atoms with van der Waals surface area (Å²) in [6.07, 6.45) is 3.14. The topological polar surface area (TPSA) is 53.1 Å². The van der Waals surface area contributed by atoms with E-state index in [0.29, 0.717) is 18.0 Å². The predicted molar refractivity (Wildman–Crippen MR) is 72.7 cm³/mol. The standard InChI is InChI=1S/C13H15ClFN3O/c1-19-13(3-2-4-13)7-18-11-5-8(14)9(15)6-10(11)17-12(18)16/h5-6H,2-4,7H2,1H3,(H2,16,17). The first-order chi connectivity index (χ1) is 9.04. The molecule has 1 aromatic heterocycles. The summed E-state index contributed by atoms with van der Waals surface area (Å²) in [6.45, 7) is 0.619. The molecule has 0 radical (unpaired) electrons. The van der Waals surface area contributed by atoms with Gasteiger partial charge in [0.15, 0.2) is 0 Å². The number of ether oxygens (including phenoxy) is 1. The van der Waals surface area contributed by atoms with Crippen LogP contribution in [0.2, 0.25) is 5.02 Å². The van der Waals surface area contributed by atoms with Crippen molar-refractivity contribution in [2.75, 3.05) is 12.8 Å². The molecule has 1 aromatic carbocycles. The quantitative estimate of drug-likeness (QED) is 0.942. The lowest BCUT2D eigenvalue weighted by Crippen LogP contribution is -2.43. The number of fused-ring (bicyclic) bond motifs is 1. The fourth-order valence-electron chi connectivity index (χ4n) is 2.59. The van der Waals surface area contributed by atoms with Crippen molar-refractivity contribution in [1.29, 1.82) is 0 Å². The SMILES string of the molecule is COC1(Cn2c(N)nc3cc(F)c(Cl)cc32)CCC1. The Morgan fingerprint density at radius 2 is 2.26 bits per heavy atom. The van der Waals surface area contributed by atoms with Gasteiger partial charge in [-0.15, -0.1) is 0 Å². The number of benzene rings is 1. The highest BCUT2D eigenvalue weighted by Gasteiger charge is 2.38. The van der Waals surface area contributed by atoms with Crippen molar-refractivity contribution in [3.05, 3.63) is 23.0 Å². The number of aromatic nitrogens is 2. The molecule has 19 heavy (non-hydrogen) atoms. The number of halogens is 2. The second-order valence-electron chi connectivity index (χ2n) is 5.05. The summed E-state index contributed by atoms with van der Waals surface area (Å²) in [7, 11) is 1.71. The van der Waals surface area contributed by atoms with Gasteiger partial charge in [-0.05, 0) is 25.3 Å². The summed E-state index contributed by atoms with van der Waals surface area (Å²) in [5.41, 5.74) is 7.01. The first-order valence-corrected chi connectivity index (χ1v) is 6.58. The Morgan fingerprint density at radius 1 is 1.53 bits per heavy atom. The van der Waals surface area contributed by atoms with Crippen LogP contribution in [0.15, 0.2) is 12.1 Å². The zero-order valence-electron chi connectivity index (χ0n) is 10.6. The fourth-order valence-corrected chi connectivity index (χ4v) is 2.75. The van der Waals surface area contributed by atoms with E-state index < -0.39 is 5.82 Å². The molecule has 1 heterocycles. The molecule has 4 nitrogen and oxygen atoms in total. The van der Waals surface area contributed by atoms with Crippen molar-refractivity contribution in [3.8, 4) is 0 Å². The summed E-state index contributed by atoms with van der Waals surface area (Å²) in [6, 6.07) is 2.88. The number of nitrogens with zero attached hydrogens (tertiary/aromatic N) is 2. The second-order valence-corrected chi connectivity index (χ2v) is 5.46. The van der Waals surface area contributed by atoms with Crippen molar-refractivity contribution >= 4 is 28.6 Å². The minimum Gasteiger partial charge on any atom is -0.376 e. The number of anilines is 1. The van der Waals surface area contributed by atoms with Crippen LogP contribution in [0.4, 0.5) is 10.3 Å². The number of hydrogen-bond donors (Lipinski definition) is 1. The third kappa shape index (κ3) is 1.97. The number of nitrogen functional groups attached to an aromatic ring is 1. The van der Waals surface area contributed by atoms with Gasteiger partial charge in [-0.3, -0.25) is 0 Å². The molecular weight excluding hydrogens is 269 g/mol. The molecule has 0 bridgehead atoms. The normalized spacial score (nSPS) is 17.6. The Morgan fingerprint density at radius 3 is 2.84 bits per heavy atom. The maximum atomic E-state index is 13.4. The Balaban J connectivity index is 2.07. The van der Waals surface area contributed by atoms with E-state index in [9.17, 15) is 4.39 Å². The van der Waals surface area contributed by atoms with E-state index in [-0.39, 0.29) is 10.6 Å². The molecule has 3 rings (SSSR count). The van der Waals surface area contributed by atoms with Gasteiger partial charge < -0.3 is 15.0 Å². The molecule has 2 aromatic rings. The molecule has 0 saturated heterocycles. The number of rotatable bonds is 3. The van der Waals surface area contributed by atoms with Gasteiger partial charge in [0.2, 0.25) is 5.95 Å². The smallest absolute Gasteiger partial charge is 0.201 e. The predicted octanol–water partition coefficient (Wildman–Crippen LogP) is 2.98. The van der Waals surface area contributed by atoms with E-state index in [1.807, 2.05) is 4.57 Å². The highest BCUT2D eigenvalue weighted by Crippen LogP contribution is 2.38. The van der Waals surface area contributed by atoms with Gasteiger partial charge >= 0.3 is 0 Å². The average molecular weight is 284 g/mol. The van der Waals surface area contributed by atoms with Crippen LogP contribution in [-0.2, 0) is 11.3 Å². The van der Waals surface area contributed by atoms with Crippen molar-refractivity contribution in [2.24, 2.45) is 0 Å². The van der Waals surface area contributed by atoms with Crippen LogP contribution >= 0.6 is 11.6 Å². The highest BCUT2D eigenvalue weighted by molar-refractivity contribution is 6.31. The molecule has 1 saturated carbocycles. The van der Waals surface area contributed by atoms with Gasteiger partial charge in [-0.1, -0.05) is 11.6 Å². The zero-order chi connectivity index (χ0) is 13.6. The first kappa shape index (κ1) is 12.7. The molecule has 2 N–H and O–H groups in total. The molecule has 0 amide bonds. The van der Waals surface area contributed by atoms with E-state index in [2.05, 4.69) is 4.98 Å². The summed E-state index contributed by atoms with van der Waals surface area (Å²) < 4.78 is 20.9. The Hall–Kier alpha value is -1.33. The molecule has 1 aliphatic rings. The Kier molecular flexibility index (Phi) is 2.91. The van der Waals surface area contributed by atoms with E-state index in [1.165, 1.54) is 6.07 Å². The average Bonchev–Trinajstić information content (AvgIpc) is 2.61. The van der Waals surface area contributed by atoms with Crippen LogP contribution in [-0.4, -0.2) is 22.3 Å². The van der Waals surface area contributed by atoms with Crippen LogP contribution in [0.25, 0.3) is 11.0 Å². The molecule has 1 aliphatic carbocycles. The second kappa shape index (κ2) is 4.35. The van der Waals surface area contributed by atoms with Crippen LogP contribution < -0.4 is 5.73 Å². The maximum Gasteiger partial charge on any atom is 0.201 e. The summed E-state index contributed by atoms with van der Waals surface area (Å²) in [5.74, 6) is -0.121. The van der Waals surface area contributed by atoms with E-state index in [0.717, 1.165) is 24.8 Å². The van der Waals surface area contributed by atoms with E-state index in [1.54, 1.807) is 13.2 Å². The van der Waals surface area contributed by atoms with Crippen LogP contribution in [0, 0.1) is 5.82 Å². The van der Waals surface area contributed by atoms with E-state index in [4.69, 9.17) is 22.1 Å². The molecule has 0 spiro atoms. The molecular formula is C13H15ClFN3O. The zero-order valence-corrected chi connectivity index (χ0v) is 11.4. The summed E-state index contributed by atoms with van der Waals surface area (Å²) >= 11 is 5.83. The lowest BCUT2D eigenvalue weighted by molar-refractivity contribution is -0.0824. The van der Waals surface area contributed by atoms with Crippen molar-refractivity contribution < 1.29 is 9.13 Å². The lowest BCUT2D eigenvalue weighted by Gasteiger charge is -2.40. The van der Waals surface area contributed by atoms with Crippen LogP contribution in [0.1, 0.15) is 19.3 Å². The molecule has 0 aliphatic heterocycles. The molecule has 6 heteroatoms. The van der Waals surface area contributed by atoms with Gasteiger partial charge in [-0.25, -0.2) is 9.37 Å². The number of nitrogens with two attached hydrogens (primary N) is 1. The maximum absolute atomic E-state index is 13.4. The minimum absolute atomic E-state index is 0.0775. The van der Waals surface area contributed by atoms with Gasteiger partial charge in [-0.2, -0.15) is 0 Å². The Bertz CT molecular complexity index is 631. The molecule has 0 atom stereocenters. The van der Waals surface area contributed by atoms with E-state index >= 15 is 0 Å². The number of methoxy groups -OCH3 is 1. The van der Waals surface area contributed by atoms with Crippen molar-refractivity contribution in [1.82, 2.24) is 9.55 Å². The first-order valence-electron chi connectivity index (χ1n) is 6.21. The highest BCUT2D eigenvalue weighted by atomic mass is 35.5.